The minimum Gasteiger partial charge on any atom is -0.313 e. The summed E-state index contributed by atoms with van der Waals surface area (Å²) in [5.41, 5.74) is -0.702. The van der Waals surface area contributed by atoms with E-state index in [9.17, 15) is 17.6 Å². The molecule has 1 atom stereocenters. The van der Waals surface area contributed by atoms with Crippen LogP contribution >= 0.6 is 0 Å². The van der Waals surface area contributed by atoms with Gasteiger partial charge in [0.15, 0.2) is 0 Å². The van der Waals surface area contributed by atoms with E-state index < -0.39 is 23.6 Å². The van der Waals surface area contributed by atoms with Gasteiger partial charge in [0, 0.05) is 6.04 Å². The van der Waals surface area contributed by atoms with Gasteiger partial charge in [0.1, 0.15) is 5.82 Å². The highest BCUT2D eigenvalue weighted by Crippen LogP contribution is 2.41. The summed E-state index contributed by atoms with van der Waals surface area (Å²) in [5.74, 6) is 0.116. The van der Waals surface area contributed by atoms with Gasteiger partial charge < -0.3 is 5.32 Å². The Balaban J connectivity index is 2.35. The van der Waals surface area contributed by atoms with Gasteiger partial charge in [0.25, 0.3) is 0 Å². The van der Waals surface area contributed by atoms with E-state index in [-0.39, 0.29) is 11.5 Å². The molecule has 1 unspecified atom stereocenters. The molecular weight excluding hydrogens is 282 g/mol. The van der Waals surface area contributed by atoms with Crippen LogP contribution in [0.3, 0.4) is 0 Å². The van der Waals surface area contributed by atoms with Gasteiger partial charge in [-0.2, -0.15) is 13.2 Å². The van der Waals surface area contributed by atoms with Crippen LogP contribution in [0.5, 0.6) is 0 Å². The second kappa shape index (κ2) is 6.34. The average molecular weight is 303 g/mol. The number of alkyl halides is 3. The van der Waals surface area contributed by atoms with Crippen LogP contribution in [-0.4, -0.2) is 7.05 Å². The average Bonchev–Trinajstić information content (AvgIpc) is 2.40. The molecule has 0 aromatic heterocycles. The van der Waals surface area contributed by atoms with Crippen molar-refractivity contribution in [3.05, 3.63) is 35.1 Å². The third kappa shape index (κ3) is 3.76. The molecule has 0 amide bonds. The quantitative estimate of drug-likeness (QED) is 0.781. The first kappa shape index (κ1) is 16.3. The Kier molecular flexibility index (Phi) is 4.91. The van der Waals surface area contributed by atoms with Crippen molar-refractivity contribution in [1.29, 1.82) is 0 Å². The molecule has 2 rings (SSSR count). The topological polar surface area (TPSA) is 12.0 Å². The lowest BCUT2D eigenvalue weighted by Gasteiger charge is -2.34. The van der Waals surface area contributed by atoms with Crippen molar-refractivity contribution in [2.24, 2.45) is 11.8 Å². The maximum absolute atomic E-state index is 13.5. The minimum absolute atomic E-state index is 0.0320. The van der Waals surface area contributed by atoms with Crippen LogP contribution in [0.15, 0.2) is 18.2 Å². The van der Waals surface area contributed by atoms with Gasteiger partial charge in [-0.15, -0.1) is 0 Å². The molecule has 1 aromatic rings. The maximum atomic E-state index is 13.5. The van der Waals surface area contributed by atoms with Crippen LogP contribution in [0.1, 0.15) is 49.8 Å². The molecule has 0 saturated heterocycles. The summed E-state index contributed by atoms with van der Waals surface area (Å²) >= 11 is 0. The predicted molar refractivity (Wildman–Crippen MR) is 74.3 cm³/mol. The Morgan fingerprint density at radius 1 is 1.14 bits per heavy atom. The maximum Gasteiger partial charge on any atom is 0.416 e. The molecule has 1 aliphatic carbocycles. The predicted octanol–water partition coefficient (Wildman–Crippen LogP) is 4.93. The molecule has 1 aromatic carbocycles. The molecule has 5 heteroatoms. The van der Waals surface area contributed by atoms with Crippen LogP contribution < -0.4 is 5.32 Å². The van der Waals surface area contributed by atoms with Crippen molar-refractivity contribution >= 4 is 0 Å². The van der Waals surface area contributed by atoms with Gasteiger partial charge in [-0.05, 0) is 55.5 Å². The van der Waals surface area contributed by atoms with Crippen molar-refractivity contribution in [3.63, 3.8) is 0 Å². The van der Waals surface area contributed by atoms with Gasteiger partial charge >= 0.3 is 6.18 Å². The molecule has 118 valence electrons. The van der Waals surface area contributed by atoms with E-state index in [1.165, 1.54) is 0 Å². The molecule has 1 saturated carbocycles. The lowest BCUT2D eigenvalue weighted by molar-refractivity contribution is -0.138. The molecule has 0 radical (unpaired) electrons. The molecule has 1 nitrogen and oxygen atoms in total. The number of hydrogen-bond acceptors (Lipinski definition) is 1. The van der Waals surface area contributed by atoms with Crippen LogP contribution in [0.4, 0.5) is 17.6 Å². The number of halogens is 4. The summed E-state index contributed by atoms with van der Waals surface area (Å²) in [7, 11) is 1.65. The first-order chi connectivity index (χ1) is 9.82. The number of rotatable bonds is 3. The van der Waals surface area contributed by atoms with Gasteiger partial charge in [0.2, 0.25) is 0 Å². The zero-order chi connectivity index (χ0) is 15.6. The lowest BCUT2D eigenvalue weighted by Crippen LogP contribution is -2.30. The summed E-state index contributed by atoms with van der Waals surface area (Å²) in [6.45, 7) is 2.16. The summed E-state index contributed by atoms with van der Waals surface area (Å²) in [6.07, 6.45) is -0.680. The zero-order valence-corrected chi connectivity index (χ0v) is 12.3. The van der Waals surface area contributed by atoms with Crippen molar-refractivity contribution < 1.29 is 17.6 Å². The second-order valence-corrected chi connectivity index (χ2v) is 6.02. The molecule has 0 heterocycles. The van der Waals surface area contributed by atoms with Gasteiger partial charge in [-0.25, -0.2) is 4.39 Å². The fraction of sp³-hybridized carbons (Fsp3) is 0.625. The fourth-order valence-electron chi connectivity index (χ4n) is 3.31. The monoisotopic (exact) mass is 303 g/mol. The SMILES string of the molecule is CNC(c1cc(F)ccc1C(F)(F)F)C1CCC(C)CC1. The molecule has 0 spiro atoms. The lowest BCUT2D eigenvalue weighted by atomic mass is 9.76. The molecule has 1 fully saturated rings. The number of benzene rings is 1. The van der Waals surface area contributed by atoms with E-state index >= 15 is 0 Å². The van der Waals surface area contributed by atoms with Crippen molar-refractivity contribution in [3.8, 4) is 0 Å². The highest BCUT2D eigenvalue weighted by atomic mass is 19.4. The van der Waals surface area contributed by atoms with E-state index in [2.05, 4.69) is 12.2 Å². The largest absolute Gasteiger partial charge is 0.416 e. The number of hydrogen-bond donors (Lipinski definition) is 1. The van der Waals surface area contributed by atoms with Crippen LogP contribution in [0, 0.1) is 17.7 Å². The normalized spacial score (nSPS) is 24.9. The fourth-order valence-corrected chi connectivity index (χ4v) is 3.31. The van der Waals surface area contributed by atoms with Gasteiger partial charge in [-0.3, -0.25) is 0 Å². The Bertz CT molecular complexity index is 476. The smallest absolute Gasteiger partial charge is 0.313 e. The molecule has 1 aliphatic rings. The number of nitrogens with one attached hydrogen (secondary N) is 1. The van der Waals surface area contributed by atoms with Crippen molar-refractivity contribution in [2.75, 3.05) is 7.05 Å². The summed E-state index contributed by atoms with van der Waals surface area (Å²) in [5, 5.41) is 2.98. The molecule has 21 heavy (non-hydrogen) atoms. The van der Waals surface area contributed by atoms with E-state index in [0.717, 1.165) is 43.9 Å². The van der Waals surface area contributed by atoms with Crippen LogP contribution in [-0.2, 0) is 6.18 Å². The minimum atomic E-state index is -4.46. The third-order valence-electron chi connectivity index (χ3n) is 4.50. The summed E-state index contributed by atoms with van der Waals surface area (Å²) < 4.78 is 52.9. The molecule has 1 N–H and O–H groups in total. The highest BCUT2D eigenvalue weighted by Gasteiger charge is 2.37. The zero-order valence-electron chi connectivity index (χ0n) is 12.3. The Morgan fingerprint density at radius 2 is 1.76 bits per heavy atom. The standard InChI is InChI=1S/C16H21F4N/c1-10-3-5-11(6-4-10)15(21-2)13-9-12(17)7-8-14(13)16(18,19)20/h7-11,15,21H,3-6H2,1-2H3. The third-order valence-corrected chi connectivity index (χ3v) is 4.50. The van der Waals surface area contributed by atoms with E-state index in [4.69, 9.17) is 0 Å². The van der Waals surface area contributed by atoms with Crippen LogP contribution in [0.25, 0.3) is 0 Å². The first-order valence-corrected chi connectivity index (χ1v) is 7.36. The Hall–Kier alpha value is -1.10. The summed E-state index contributed by atoms with van der Waals surface area (Å²) in [6, 6.07) is 2.30. The first-order valence-electron chi connectivity index (χ1n) is 7.36. The molecular formula is C16H21F4N. The van der Waals surface area contributed by atoms with E-state index in [0.29, 0.717) is 5.92 Å². The molecule has 0 bridgehead atoms. The van der Waals surface area contributed by atoms with Crippen molar-refractivity contribution in [2.45, 2.75) is 44.8 Å². The van der Waals surface area contributed by atoms with E-state index in [1.54, 1.807) is 7.05 Å². The van der Waals surface area contributed by atoms with Crippen molar-refractivity contribution in [1.82, 2.24) is 5.32 Å². The summed E-state index contributed by atoms with van der Waals surface area (Å²) in [4.78, 5) is 0. The van der Waals surface area contributed by atoms with E-state index in [1.807, 2.05) is 0 Å². The Morgan fingerprint density at radius 3 is 2.29 bits per heavy atom. The highest BCUT2D eigenvalue weighted by molar-refractivity contribution is 5.33. The molecule has 0 aliphatic heterocycles. The second-order valence-electron chi connectivity index (χ2n) is 6.02. The van der Waals surface area contributed by atoms with Gasteiger partial charge in [-0.1, -0.05) is 19.8 Å². The Labute approximate surface area is 122 Å². The van der Waals surface area contributed by atoms with Crippen LogP contribution in [0.2, 0.25) is 0 Å². The van der Waals surface area contributed by atoms with Gasteiger partial charge in [0.05, 0.1) is 5.56 Å².